The Labute approximate surface area is 174 Å². The Hall–Kier alpha value is -1.69. The first-order chi connectivity index (χ1) is 13.2. The van der Waals surface area contributed by atoms with Crippen molar-refractivity contribution in [3.8, 4) is 0 Å². The van der Waals surface area contributed by atoms with Gasteiger partial charge in [-0.3, -0.25) is 19.4 Å². The lowest BCUT2D eigenvalue weighted by Gasteiger charge is -2.43. The van der Waals surface area contributed by atoms with Crippen LogP contribution in [-0.2, 0) is 33.3 Å². The SMILES string of the molecule is CC(=O)OCC1OC(Sc2cncc(Br)c2)C(OC(C)=O)C(N)C1OC(C)=O. The highest BCUT2D eigenvalue weighted by Gasteiger charge is 2.48. The zero-order chi connectivity index (χ0) is 20.8. The van der Waals surface area contributed by atoms with Gasteiger partial charge in [0.05, 0.1) is 6.04 Å². The maximum absolute atomic E-state index is 11.6. The van der Waals surface area contributed by atoms with Crippen molar-refractivity contribution in [2.75, 3.05) is 6.61 Å². The van der Waals surface area contributed by atoms with Gasteiger partial charge in [-0.15, -0.1) is 0 Å². The Morgan fingerprint density at radius 2 is 1.79 bits per heavy atom. The van der Waals surface area contributed by atoms with Crippen molar-refractivity contribution < 1.29 is 33.3 Å². The van der Waals surface area contributed by atoms with Crippen molar-refractivity contribution in [2.24, 2.45) is 5.73 Å². The Balaban J connectivity index is 2.29. The molecule has 2 N–H and O–H groups in total. The van der Waals surface area contributed by atoms with Gasteiger partial charge in [0.25, 0.3) is 0 Å². The first kappa shape index (κ1) is 22.6. The van der Waals surface area contributed by atoms with Gasteiger partial charge in [0, 0.05) is 42.5 Å². The molecule has 154 valence electrons. The number of nitrogens with two attached hydrogens (primary N) is 1. The van der Waals surface area contributed by atoms with E-state index in [1.165, 1.54) is 32.5 Å². The van der Waals surface area contributed by atoms with Crippen LogP contribution in [0.3, 0.4) is 0 Å². The van der Waals surface area contributed by atoms with Crippen LogP contribution < -0.4 is 5.73 Å². The van der Waals surface area contributed by atoms with Crippen LogP contribution in [0.4, 0.5) is 0 Å². The number of pyridine rings is 1. The number of ether oxygens (including phenoxy) is 4. The molecule has 5 atom stereocenters. The van der Waals surface area contributed by atoms with Gasteiger partial charge >= 0.3 is 17.9 Å². The number of hydrogen-bond donors (Lipinski definition) is 1. The summed E-state index contributed by atoms with van der Waals surface area (Å²) in [6, 6.07) is 0.927. The van der Waals surface area contributed by atoms with E-state index in [-0.39, 0.29) is 6.61 Å². The largest absolute Gasteiger partial charge is 0.463 e. The quantitative estimate of drug-likeness (QED) is 0.475. The molecule has 28 heavy (non-hydrogen) atoms. The van der Waals surface area contributed by atoms with Crippen molar-refractivity contribution in [2.45, 2.75) is 55.5 Å². The van der Waals surface area contributed by atoms with Crippen LogP contribution in [0.25, 0.3) is 0 Å². The summed E-state index contributed by atoms with van der Waals surface area (Å²) in [5, 5.41) is 0. The average molecular weight is 477 g/mol. The molecule has 1 fully saturated rings. The van der Waals surface area contributed by atoms with Gasteiger partial charge in [-0.2, -0.15) is 0 Å². The van der Waals surface area contributed by atoms with Crippen LogP contribution in [0.1, 0.15) is 20.8 Å². The summed E-state index contributed by atoms with van der Waals surface area (Å²) in [6.45, 7) is 3.57. The molecule has 0 amide bonds. The van der Waals surface area contributed by atoms with E-state index < -0.39 is 47.7 Å². The summed E-state index contributed by atoms with van der Waals surface area (Å²) in [5.74, 6) is -1.65. The lowest BCUT2D eigenvalue weighted by molar-refractivity contribution is -0.201. The van der Waals surface area contributed by atoms with Crippen LogP contribution in [0.2, 0.25) is 0 Å². The zero-order valence-corrected chi connectivity index (χ0v) is 17.9. The minimum Gasteiger partial charge on any atom is -0.463 e. The first-order valence-electron chi connectivity index (χ1n) is 8.33. The monoisotopic (exact) mass is 476 g/mol. The third-order valence-electron chi connectivity index (χ3n) is 3.69. The molecule has 0 saturated carbocycles. The third-order valence-corrected chi connectivity index (χ3v) is 5.23. The summed E-state index contributed by atoms with van der Waals surface area (Å²) in [5.41, 5.74) is 5.54. The van der Waals surface area contributed by atoms with Gasteiger partial charge in [0.15, 0.2) is 6.10 Å². The van der Waals surface area contributed by atoms with Gasteiger partial charge in [-0.1, -0.05) is 11.8 Å². The number of aromatic nitrogens is 1. The van der Waals surface area contributed by atoms with E-state index in [1.807, 2.05) is 6.07 Å². The highest BCUT2D eigenvalue weighted by atomic mass is 79.9. The van der Waals surface area contributed by atoms with Crippen LogP contribution in [-0.4, -0.2) is 59.3 Å². The van der Waals surface area contributed by atoms with Crippen LogP contribution in [0.15, 0.2) is 27.8 Å². The molecule has 1 saturated heterocycles. The Kier molecular flexibility index (Phi) is 8.23. The third kappa shape index (κ3) is 6.43. The second-order valence-electron chi connectivity index (χ2n) is 6.03. The predicted molar refractivity (Wildman–Crippen MR) is 102 cm³/mol. The fraction of sp³-hybridized carbons (Fsp3) is 0.529. The molecule has 0 aliphatic carbocycles. The van der Waals surface area contributed by atoms with E-state index in [2.05, 4.69) is 20.9 Å². The van der Waals surface area contributed by atoms with Crippen molar-refractivity contribution in [3.63, 3.8) is 0 Å². The zero-order valence-electron chi connectivity index (χ0n) is 15.5. The average Bonchev–Trinajstić information content (AvgIpc) is 2.58. The number of hydrogen-bond acceptors (Lipinski definition) is 10. The topological polar surface area (TPSA) is 127 Å². The minimum absolute atomic E-state index is 0.165. The molecule has 0 aromatic carbocycles. The molecule has 11 heteroatoms. The second-order valence-corrected chi connectivity index (χ2v) is 8.12. The van der Waals surface area contributed by atoms with Crippen molar-refractivity contribution in [1.82, 2.24) is 4.98 Å². The number of thioether (sulfide) groups is 1. The highest BCUT2D eigenvalue weighted by Crippen LogP contribution is 2.36. The molecule has 2 heterocycles. The number of nitrogens with zero attached hydrogens (tertiary/aromatic N) is 1. The van der Waals surface area contributed by atoms with Crippen molar-refractivity contribution in [1.29, 1.82) is 0 Å². The lowest BCUT2D eigenvalue weighted by atomic mass is 9.97. The summed E-state index contributed by atoms with van der Waals surface area (Å²) < 4.78 is 22.4. The minimum atomic E-state index is -0.960. The van der Waals surface area contributed by atoms with Crippen molar-refractivity contribution >= 4 is 45.6 Å². The van der Waals surface area contributed by atoms with Gasteiger partial charge in [0.2, 0.25) is 0 Å². The van der Waals surface area contributed by atoms with E-state index in [4.69, 9.17) is 24.7 Å². The van der Waals surface area contributed by atoms with E-state index in [0.29, 0.717) is 0 Å². The van der Waals surface area contributed by atoms with E-state index in [9.17, 15) is 14.4 Å². The van der Waals surface area contributed by atoms with Gasteiger partial charge in [-0.25, -0.2) is 0 Å². The van der Waals surface area contributed by atoms with E-state index >= 15 is 0 Å². The molecule has 0 spiro atoms. The van der Waals surface area contributed by atoms with Gasteiger partial charge < -0.3 is 24.7 Å². The fourth-order valence-electron chi connectivity index (χ4n) is 2.63. The maximum atomic E-state index is 11.6. The first-order valence-corrected chi connectivity index (χ1v) is 10.0. The number of carbonyl (C=O) groups is 3. The molecule has 1 aliphatic rings. The summed E-state index contributed by atoms with van der Waals surface area (Å²) in [4.78, 5) is 39.1. The summed E-state index contributed by atoms with van der Waals surface area (Å²) in [7, 11) is 0. The van der Waals surface area contributed by atoms with E-state index in [0.717, 1.165) is 9.37 Å². The predicted octanol–water partition coefficient (Wildman–Crippen LogP) is 1.41. The molecule has 5 unspecified atom stereocenters. The number of esters is 3. The fourth-order valence-corrected chi connectivity index (χ4v) is 4.31. The molecule has 1 aromatic heterocycles. The number of halogens is 1. The highest BCUT2D eigenvalue weighted by molar-refractivity contribution is 9.10. The Morgan fingerprint density at radius 1 is 1.14 bits per heavy atom. The molecule has 1 aromatic rings. The number of carbonyl (C=O) groups excluding carboxylic acids is 3. The summed E-state index contributed by atoms with van der Waals surface area (Å²) in [6.07, 6.45) is 0.556. The van der Waals surface area contributed by atoms with Crippen LogP contribution in [0.5, 0.6) is 0 Å². The van der Waals surface area contributed by atoms with Crippen LogP contribution in [0, 0.1) is 0 Å². The molecular formula is C17H21BrN2O7S. The molecule has 1 aliphatic heterocycles. The molecule has 2 rings (SSSR count). The van der Waals surface area contributed by atoms with Gasteiger partial charge in [0.1, 0.15) is 24.3 Å². The standard InChI is InChI=1S/C17H21BrN2O7S/c1-8(21)24-7-13-15(25-9(2)22)14(19)16(26-10(3)23)17(27-13)28-12-4-11(18)5-20-6-12/h4-6,13-17H,7,19H2,1-3H3. The Morgan fingerprint density at radius 3 is 2.36 bits per heavy atom. The second kappa shape index (κ2) is 10.2. The van der Waals surface area contributed by atoms with E-state index in [1.54, 1.807) is 12.4 Å². The lowest BCUT2D eigenvalue weighted by Crippen LogP contribution is -2.63. The molecule has 9 nitrogen and oxygen atoms in total. The van der Waals surface area contributed by atoms with Crippen LogP contribution >= 0.6 is 27.7 Å². The van der Waals surface area contributed by atoms with Crippen molar-refractivity contribution in [3.05, 3.63) is 22.9 Å². The smallest absolute Gasteiger partial charge is 0.303 e. The summed E-state index contributed by atoms with van der Waals surface area (Å²) >= 11 is 4.58. The maximum Gasteiger partial charge on any atom is 0.303 e. The Bertz CT molecular complexity index is 733. The molecule has 0 bridgehead atoms. The van der Waals surface area contributed by atoms with Gasteiger partial charge in [-0.05, 0) is 22.0 Å². The molecule has 0 radical (unpaired) electrons. The normalized spacial score (nSPS) is 27.0. The number of rotatable bonds is 6. The molecular weight excluding hydrogens is 456 g/mol.